The molecule has 9 nitrogen and oxygen atoms in total. The number of amides is 1. The van der Waals surface area contributed by atoms with Gasteiger partial charge in [-0.1, -0.05) is 24.3 Å². The molecule has 0 unspecified atom stereocenters. The average molecular weight is 521 g/mol. The number of fused-ring (bicyclic) bond motifs is 2. The highest BCUT2D eigenvalue weighted by Crippen LogP contribution is 2.31. The number of benzene rings is 2. The summed E-state index contributed by atoms with van der Waals surface area (Å²) < 4.78 is 42.3. The normalized spacial score (nSPS) is 13.7. The summed E-state index contributed by atoms with van der Waals surface area (Å²) in [5, 5.41) is 21.3. The van der Waals surface area contributed by atoms with E-state index in [9.17, 15) is 18.0 Å². The monoisotopic (exact) mass is 520 g/mol. The summed E-state index contributed by atoms with van der Waals surface area (Å²) in [4.78, 5) is 12.6. The Morgan fingerprint density at radius 1 is 1.08 bits per heavy atom. The quantitative estimate of drug-likeness (QED) is 0.367. The summed E-state index contributed by atoms with van der Waals surface area (Å²) in [6, 6.07) is 11.4. The van der Waals surface area contributed by atoms with Gasteiger partial charge in [0.2, 0.25) is 0 Å². The van der Waals surface area contributed by atoms with E-state index >= 15 is 0 Å². The van der Waals surface area contributed by atoms with Crippen LogP contribution in [-0.4, -0.2) is 58.5 Å². The van der Waals surface area contributed by atoms with E-state index in [4.69, 9.17) is 0 Å². The summed E-state index contributed by atoms with van der Waals surface area (Å²) in [5.41, 5.74) is 6.23. The van der Waals surface area contributed by atoms with Crippen molar-refractivity contribution in [2.24, 2.45) is 0 Å². The molecule has 0 saturated carbocycles. The Morgan fingerprint density at radius 2 is 1.95 bits per heavy atom. The van der Waals surface area contributed by atoms with Gasteiger partial charge in [0.1, 0.15) is 11.4 Å². The molecule has 0 saturated heterocycles. The summed E-state index contributed by atoms with van der Waals surface area (Å²) in [7, 11) is 0. The van der Waals surface area contributed by atoms with Gasteiger partial charge in [-0.3, -0.25) is 14.6 Å². The molecule has 1 N–H and O–H groups in total. The van der Waals surface area contributed by atoms with Crippen LogP contribution in [0.2, 0.25) is 0 Å². The van der Waals surface area contributed by atoms with Crippen LogP contribution in [-0.2, 0) is 24.3 Å². The highest BCUT2D eigenvalue weighted by atomic mass is 19.4. The molecular weight excluding hydrogens is 497 g/mol. The van der Waals surface area contributed by atoms with Crippen molar-refractivity contribution in [3.8, 4) is 28.2 Å². The van der Waals surface area contributed by atoms with Crippen LogP contribution < -0.4 is 0 Å². The summed E-state index contributed by atoms with van der Waals surface area (Å²) in [5.74, 6) is -1.82. The van der Waals surface area contributed by atoms with Crippen molar-refractivity contribution in [2.75, 3.05) is 6.54 Å². The molecule has 1 aliphatic heterocycles. The minimum absolute atomic E-state index is 0.0335. The molecule has 0 bridgehead atoms. The van der Waals surface area contributed by atoms with Crippen molar-refractivity contribution in [3.63, 3.8) is 0 Å². The van der Waals surface area contributed by atoms with E-state index in [1.165, 1.54) is 0 Å². The van der Waals surface area contributed by atoms with Crippen LogP contribution in [0.1, 0.15) is 24.5 Å². The zero-order valence-corrected chi connectivity index (χ0v) is 20.4. The first-order chi connectivity index (χ1) is 18.3. The first-order valence-corrected chi connectivity index (χ1v) is 12.2. The Balaban J connectivity index is 1.29. The standard InChI is InChI=1S/C26H23F3N8O/c1-2-8-36-14-19(12-30-36)17-4-6-22-21(11-17)24(33-31-22)23-15-37(34-32-23)20-5-3-16-7-9-35(13-18(16)10-20)25(38)26(27,28)29/h3-6,10-12,14-15H,2,7-9,13H2,1H3,(H,31,33). The van der Waals surface area contributed by atoms with E-state index in [0.29, 0.717) is 29.1 Å². The van der Waals surface area contributed by atoms with Crippen LogP contribution in [0.15, 0.2) is 55.0 Å². The first kappa shape index (κ1) is 23.9. The lowest BCUT2D eigenvalue weighted by Gasteiger charge is -2.29. The van der Waals surface area contributed by atoms with E-state index < -0.39 is 12.1 Å². The smallest absolute Gasteiger partial charge is 0.330 e. The number of aryl methyl sites for hydroxylation is 1. The van der Waals surface area contributed by atoms with Crippen molar-refractivity contribution in [3.05, 3.63) is 66.1 Å². The van der Waals surface area contributed by atoms with Crippen molar-refractivity contribution in [1.29, 1.82) is 0 Å². The molecule has 0 atom stereocenters. The maximum atomic E-state index is 12.9. The lowest BCUT2D eigenvalue weighted by atomic mass is 9.99. The third-order valence-electron chi connectivity index (χ3n) is 6.71. The van der Waals surface area contributed by atoms with E-state index in [1.54, 1.807) is 16.9 Å². The Morgan fingerprint density at radius 3 is 2.76 bits per heavy atom. The number of rotatable bonds is 5. The Kier molecular flexibility index (Phi) is 5.73. The van der Waals surface area contributed by atoms with Crippen LogP contribution in [0, 0.1) is 0 Å². The number of halogens is 3. The van der Waals surface area contributed by atoms with Gasteiger partial charge in [-0.05, 0) is 53.8 Å². The molecule has 194 valence electrons. The first-order valence-electron chi connectivity index (χ1n) is 12.2. The van der Waals surface area contributed by atoms with Gasteiger partial charge in [0.15, 0.2) is 0 Å². The van der Waals surface area contributed by atoms with Gasteiger partial charge in [-0.25, -0.2) is 4.68 Å². The van der Waals surface area contributed by atoms with Gasteiger partial charge in [0, 0.05) is 36.8 Å². The topological polar surface area (TPSA) is 97.5 Å². The van der Waals surface area contributed by atoms with Crippen molar-refractivity contribution in [1.82, 2.24) is 39.9 Å². The summed E-state index contributed by atoms with van der Waals surface area (Å²) >= 11 is 0. The molecule has 0 aliphatic carbocycles. The number of aromatic amines is 1. The van der Waals surface area contributed by atoms with Crippen LogP contribution in [0.5, 0.6) is 0 Å². The fraction of sp³-hybridized carbons (Fsp3) is 0.269. The number of nitrogens with one attached hydrogen (secondary N) is 1. The summed E-state index contributed by atoms with van der Waals surface area (Å²) in [6.45, 7) is 2.88. The molecule has 1 amide bonds. The maximum Gasteiger partial charge on any atom is 0.471 e. The molecule has 1 aliphatic rings. The third-order valence-corrected chi connectivity index (χ3v) is 6.71. The second-order valence-electron chi connectivity index (χ2n) is 9.30. The lowest BCUT2D eigenvalue weighted by Crippen LogP contribution is -2.43. The predicted octanol–water partition coefficient (Wildman–Crippen LogP) is 4.53. The number of alkyl halides is 3. The lowest BCUT2D eigenvalue weighted by molar-refractivity contribution is -0.186. The fourth-order valence-electron chi connectivity index (χ4n) is 4.79. The van der Waals surface area contributed by atoms with Crippen LogP contribution >= 0.6 is 0 Å². The highest BCUT2D eigenvalue weighted by molar-refractivity contribution is 5.94. The average Bonchev–Trinajstić information content (AvgIpc) is 3.66. The van der Waals surface area contributed by atoms with Gasteiger partial charge in [0.05, 0.1) is 23.6 Å². The number of H-pyrrole nitrogens is 1. The van der Waals surface area contributed by atoms with Gasteiger partial charge < -0.3 is 4.90 Å². The molecular formula is C26H23F3N8O. The second kappa shape index (κ2) is 9.12. The minimum Gasteiger partial charge on any atom is -0.330 e. The molecule has 12 heteroatoms. The van der Waals surface area contributed by atoms with E-state index in [1.807, 2.05) is 47.4 Å². The predicted molar refractivity (Wildman–Crippen MR) is 133 cm³/mol. The molecule has 0 radical (unpaired) electrons. The zero-order chi connectivity index (χ0) is 26.4. The Bertz CT molecular complexity index is 1650. The third kappa shape index (κ3) is 4.31. The van der Waals surface area contributed by atoms with E-state index in [-0.39, 0.29) is 13.1 Å². The van der Waals surface area contributed by atoms with Crippen LogP contribution in [0.4, 0.5) is 13.2 Å². The molecule has 38 heavy (non-hydrogen) atoms. The van der Waals surface area contributed by atoms with E-state index in [2.05, 4.69) is 32.5 Å². The Labute approximate surface area is 214 Å². The number of aromatic nitrogens is 7. The zero-order valence-electron chi connectivity index (χ0n) is 20.4. The second-order valence-corrected chi connectivity index (χ2v) is 9.30. The van der Waals surface area contributed by atoms with Crippen molar-refractivity contribution >= 4 is 16.8 Å². The molecule has 6 rings (SSSR count). The maximum absolute atomic E-state index is 12.9. The molecule has 2 aromatic carbocycles. The minimum atomic E-state index is -4.89. The molecule has 0 spiro atoms. The highest BCUT2D eigenvalue weighted by Gasteiger charge is 2.43. The Hall–Kier alpha value is -4.48. The van der Waals surface area contributed by atoms with E-state index in [0.717, 1.165) is 45.5 Å². The van der Waals surface area contributed by atoms with Gasteiger partial charge in [-0.15, -0.1) is 5.10 Å². The number of hydrogen-bond donors (Lipinski definition) is 1. The number of carbonyl (C=O) groups excluding carboxylic acids is 1. The number of carbonyl (C=O) groups is 1. The van der Waals surface area contributed by atoms with Crippen LogP contribution in [0.3, 0.4) is 0 Å². The van der Waals surface area contributed by atoms with Crippen molar-refractivity contribution in [2.45, 2.75) is 39.0 Å². The SMILES string of the molecule is CCCn1cc(-c2ccc3[nH]nc(-c4cn(-c5ccc6c(c5)CN(C(=O)C(F)(F)F)CC6)nn4)c3c2)cn1. The van der Waals surface area contributed by atoms with Crippen molar-refractivity contribution < 1.29 is 18.0 Å². The molecule has 5 aromatic rings. The molecule has 3 aromatic heterocycles. The van der Waals surface area contributed by atoms with Gasteiger partial charge >= 0.3 is 12.1 Å². The largest absolute Gasteiger partial charge is 0.471 e. The van der Waals surface area contributed by atoms with Gasteiger partial charge in [-0.2, -0.15) is 23.4 Å². The number of hydrogen-bond acceptors (Lipinski definition) is 5. The summed E-state index contributed by atoms with van der Waals surface area (Å²) in [6.07, 6.45) is 2.05. The fourth-order valence-corrected chi connectivity index (χ4v) is 4.79. The number of nitrogens with zero attached hydrogens (tertiary/aromatic N) is 7. The molecule has 0 fully saturated rings. The molecule has 4 heterocycles. The van der Waals surface area contributed by atoms with Gasteiger partial charge in [0.25, 0.3) is 0 Å². The van der Waals surface area contributed by atoms with Crippen LogP contribution in [0.25, 0.3) is 39.1 Å².